The maximum atomic E-state index is 13.2. The average molecular weight is 281 g/mol. The zero-order valence-corrected chi connectivity index (χ0v) is 11.3. The number of methoxy groups -OCH3 is 1. The van der Waals surface area contributed by atoms with Crippen molar-refractivity contribution < 1.29 is 23.5 Å². The van der Waals surface area contributed by atoms with Crippen LogP contribution in [0.5, 0.6) is 5.75 Å². The molecule has 20 heavy (non-hydrogen) atoms. The van der Waals surface area contributed by atoms with E-state index in [1.807, 2.05) is 0 Å². The highest BCUT2D eigenvalue weighted by Gasteiger charge is 2.12. The molecule has 5 nitrogen and oxygen atoms in total. The SMILES string of the molecule is COCc1cc(COc2cc(F)ccc2[C@@H](C)O)no1. The third kappa shape index (κ3) is 3.55. The molecule has 108 valence electrons. The molecular formula is C14H16FNO4. The Bertz CT molecular complexity index is 568. The molecule has 1 aromatic heterocycles. The molecule has 1 aromatic carbocycles. The molecule has 6 heteroatoms. The number of ether oxygens (including phenoxy) is 2. The Hall–Kier alpha value is -1.92. The second kappa shape index (κ2) is 6.49. The van der Waals surface area contributed by atoms with Crippen molar-refractivity contribution in [3.63, 3.8) is 0 Å². The van der Waals surface area contributed by atoms with Crippen LogP contribution in [0.4, 0.5) is 4.39 Å². The summed E-state index contributed by atoms with van der Waals surface area (Å²) in [5.41, 5.74) is 1.09. The summed E-state index contributed by atoms with van der Waals surface area (Å²) in [6.45, 7) is 2.04. The summed E-state index contributed by atoms with van der Waals surface area (Å²) >= 11 is 0. The lowest BCUT2D eigenvalue weighted by Crippen LogP contribution is -2.01. The third-order valence-corrected chi connectivity index (χ3v) is 2.70. The lowest BCUT2D eigenvalue weighted by atomic mass is 10.1. The molecule has 0 amide bonds. The monoisotopic (exact) mass is 281 g/mol. The van der Waals surface area contributed by atoms with Crippen LogP contribution in [-0.2, 0) is 18.0 Å². The van der Waals surface area contributed by atoms with Gasteiger partial charge in [0.2, 0.25) is 0 Å². The minimum Gasteiger partial charge on any atom is -0.487 e. The fourth-order valence-corrected chi connectivity index (χ4v) is 1.76. The minimum atomic E-state index is -0.744. The molecule has 0 saturated heterocycles. The van der Waals surface area contributed by atoms with Gasteiger partial charge in [0, 0.05) is 24.8 Å². The van der Waals surface area contributed by atoms with Crippen LogP contribution in [0, 0.1) is 5.82 Å². The molecule has 1 atom stereocenters. The molecule has 2 aromatic rings. The first-order chi connectivity index (χ1) is 9.60. The predicted octanol–water partition coefficient (Wildman–Crippen LogP) is 2.59. The van der Waals surface area contributed by atoms with Crippen molar-refractivity contribution in [1.82, 2.24) is 5.16 Å². The lowest BCUT2D eigenvalue weighted by Gasteiger charge is -2.12. The van der Waals surface area contributed by atoms with Gasteiger partial charge >= 0.3 is 0 Å². The van der Waals surface area contributed by atoms with Gasteiger partial charge in [0.05, 0.1) is 6.10 Å². The van der Waals surface area contributed by atoms with Crippen molar-refractivity contribution >= 4 is 0 Å². The molecule has 0 fully saturated rings. The van der Waals surface area contributed by atoms with E-state index in [0.717, 1.165) is 0 Å². The van der Waals surface area contributed by atoms with Crippen LogP contribution in [0.25, 0.3) is 0 Å². The molecule has 0 aliphatic rings. The number of aliphatic hydroxyl groups is 1. The summed E-state index contributed by atoms with van der Waals surface area (Å²) in [4.78, 5) is 0. The number of aliphatic hydroxyl groups excluding tert-OH is 1. The van der Waals surface area contributed by atoms with E-state index >= 15 is 0 Å². The maximum Gasteiger partial charge on any atom is 0.162 e. The molecule has 1 heterocycles. The van der Waals surface area contributed by atoms with E-state index in [4.69, 9.17) is 14.0 Å². The van der Waals surface area contributed by atoms with E-state index in [1.165, 1.54) is 18.2 Å². The fraction of sp³-hybridized carbons (Fsp3) is 0.357. The number of rotatable bonds is 6. The van der Waals surface area contributed by atoms with E-state index in [-0.39, 0.29) is 12.4 Å². The predicted molar refractivity (Wildman–Crippen MR) is 68.6 cm³/mol. The highest BCUT2D eigenvalue weighted by Crippen LogP contribution is 2.26. The van der Waals surface area contributed by atoms with Crippen LogP contribution in [0.3, 0.4) is 0 Å². The smallest absolute Gasteiger partial charge is 0.162 e. The van der Waals surface area contributed by atoms with Crippen molar-refractivity contribution in [2.24, 2.45) is 0 Å². The summed E-state index contributed by atoms with van der Waals surface area (Å²) < 4.78 is 28.7. The Kier molecular flexibility index (Phi) is 4.70. The van der Waals surface area contributed by atoms with Crippen molar-refractivity contribution in [2.45, 2.75) is 26.2 Å². The molecule has 0 radical (unpaired) electrons. The molecule has 0 aliphatic heterocycles. The number of hydrogen-bond donors (Lipinski definition) is 1. The first-order valence-electron chi connectivity index (χ1n) is 6.14. The second-order valence-electron chi connectivity index (χ2n) is 4.36. The first-order valence-corrected chi connectivity index (χ1v) is 6.14. The second-order valence-corrected chi connectivity index (χ2v) is 4.36. The number of benzene rings is 1. The minimum absolute atomic E-state index is 0.121. The van der Waals surface area contributed by atoms with Crippen molar-refractivity contribution in [2.75, 3.05) is 7.11 Å². The van der Waals surface area contributed by atoms with Gasteiger partial charge in [-0.3, -0.25) is 0 Å². The van der Waals surface area contributed by atoms with Gasteiger partial charge in [0.15, 0.2) is 5.76 Å². The molecule has 0 bridgehead atoms. The Balaban J connectivity index is 2.07. The van der Waals surface area contributed by atoms with Crippen molar-refractivity contribution in [3.05, 3.63) is 47.1 Å². The van der Waals surface area contributed by atoms with Crippen LogP contribution in [0.2, 0.25) is 0 Å². The number of hydrogen-bond acceptors (Lipinski definition) is 5. The number of halogens is 1. The first kappa shape index (κ1) is 14.5. The Morgan fingerprint density at radius 3 is 2.85 bits per heavy atom. The zero-order valence-electron chi connectivity index (χ0n) is 11.3. The highest BCUT2D eigenvalue weighted by molar-refractivity contribution is 5.35. The molecule has 0 unspecified atom stereocenters. The van der Waals surface area contributed by atoms with Gasteiger partial charge in [0.25, 0.3) is 0 Å². The Morgan fingerprint density at radius 1 is 1.35 bits per heavy atom. The van der Waals surface area contributed by atoms with Crippen LogP contribution in [-0.4, -0.2) is 17.4 Å². The van der Waals surface area contributed by atoms with Crippen LogP contribution < -0.4 is 4.74 Å². The zero-order chi connectivity index (χ0) is 14.5. The van der Waals surface area contributed by atoms with Gasteiger partial charge in [-0.2, -0.15) is 0 Å². The van der Waals surface area contributed by atoms with Gasteiger partial charge < -0.3 is 19.1 Å². The van der Waals surface area contributed by atoms with Gasteiger partial charge in [-0.25, -0.2) is 4.39 Å². The van der Waals surface area contributed by atoms with E-state index in [2.05, 4.69) is 5.16 Å². The molecule has 0 saturated carbocycles. The number of nitrogens with zero attached hydrogens (tertiary/aromatic N) is 1. The van der Waals surface area contributed by atoms with E-state index in [1.54, 1.807) is 20.1 Å². The summed E-state index contributed by atoms with van der Waals surface area (Å²) in [5.74, 6) is 0.446. The van der Waals surface area contributed by atoms with Gasteiger partial charge in [-0.05, 0) is 19.1 Å². The average Bonchev–Trinajstić information content (AvgIpc) is 2.84. The molecule has 2 rings (SSSR count). The summed E-state index contributed by atoms with van der Waals surface area (Å²) in [6, 6.07) is 5.71. The topological polar surface area (TPSA) is 64.7 Å². The summed E-state index contributed by atoms with van der Waals surface area (Å²) in [6.07, 6.45) is -0.744. The van der Waals surface area contributed by atoms with Gasteiger partial charge in [-0.1, -0.05) is 5.16 Å². The molecule has 0 spiro atoms. The third-order valence-electron chi connectivity index (χ3n) is 2.70. The van der Waals surface area contributed by atoms with E-state index in [0.29, 0.717) is 23.6 Å². The Labute approximate surface area is 115 Å². The maximum absolute atomic E-state index is 13.2. The number of aromatic nitrogens is 1. The van der Waals surface area contributed by atoms with Crippen LogP contribution in [0.1, 0.15) is 30.0 Å². The highest BCUT2D eigenvalue weighted by atomic mass is 19.1. The molecular weight excluding hydrogens is 265 g/mol. The summed E-state index contributed by atoms with van der Waals surface area (Å²) in [7, 11) is 1.56. The van der Waals surface area contributed by atoms with E-state index < -0.39 is 11.9 Å². The van der Waals surface area contributed by atoms with Crippen molar-refractivity contribution in [1.29, 1.82) is 0 Å². The standard InChI is InChI=1S/C14H16FNO4/c1-9(17)13-4-3-10(15)5-14(13)19-7-11-6-12(8-18-2)20-16-11/h3-6,9,17H,7-8H2,1-2H3/t9-/m1/s1. The van der Waals surface area contributed by atoms with Crippen LogP contribution >= 0.6 is 0 Å². The molecule has 0 aliphatic carbocycles. The van der Waals surface area contributed by atoms with E-state index in [9.17, 15) is 9.50 Å². The fourth-order valence-electron chi connectivity index (χ4n) is 1.76. The van der Waals surface area contributed by atoms with Crippen molar-refractivity contribution in [3.8, 4) is 5.75 Å². The van der Waals surface area contributed by atoms with Crippen LogP contribution in [0.15, 0.2) is 28.8 Å². The van der Waals surface area contributed by atoms with Gasteiger partial charge in [-0.15, -0.1) is 0 Å². The van der Waals surface area contributed by atoms with Gasteiger partial charge in [0.1, 0.15) is 30.5 Å². The normalized spacial score (nSPS) is 12.4. The largest absolute Gasteiger partial charge is 0.487 e. The quantitative estimate of drug-likeness (QED) is 0.881. The Morgan fingerprint density at radius 2 is 2.15 bits per heavy atom. The molecule has 1 N–H and O–H groups in total. The lowest BCUT2D eigenvalue weighted by molar-refractivity contribution is 0.155. The summed E-state index contributed by atoms with van der Waals surface area (Å²) in [5, 5.41) is 13.4.